The third-order valence-electron chi connectivity index (χ3n) is 3.47. The molecule has 0 saturated heterocycles. The second-order valence-corrected chi connectivity index (χ2v) is 6.38. The van der Waals surface area contributed by atoms with E-state index in [1.807, 2.05) is 0 Å². The smallest absolute Gasteiger partial charge is 0.0494 e. The molecule has 0 bridgehead atoms. The summed E-state index contributed by atoms with van der Waals surface area (Å²) < 4.78 is 0. The van der Waals surface area contributed by atoms with E-state index in [-0.39, 0.29) is 12.0 Å². The lowest BCUT2D eigenvalue weighted by Gasteiger charge is -2.28. The standard InChI is InChI=1S/C17H29NO/c1-5-6-15-7-9-16(10-8-15)11-12-18(4)13-17(2,3)14-19/h7-10,19H,5-6,11-14H2,1-4H3. The van der Waals surface area contributed by atoms with Crippen molar-refractivity contribution in [1.82, 2.24) is 4.90 Å². The zero-order valence-corrected chi connectivity index (χ0v) is 12.9. The summed E-state index contributed by atoms with van der Waals surface area (Å²) in [5.74, 6) is 0. The summed E-state index contributed by atoms with van der Waals surface area (Å²) in [5.41, 5.74) is 2.81. The van der Waals surface area contributed by atoms with Crippen molar-refractivity contribution in [3.05, 3.63) is 35.4 Å². The molecule has 2 nitrogen and oxygen atoms in total. The number of aryl methyl sites for hydroxylation is 1. The van der Waals surface area contributed by atoms with E-state index < -0.39 is 0 Å². The van der Waals surface area contributed by atoms with Crippen molar-refractivity contribution < 1.29 is 5.11 Å². The van der Waals surface area contributed by atoms with Gasteiger partial charge in [0, 0.05) is 25.1 Å². The van der Waals surface area contributed by atoms with Crippen molar-refractivity contribution in [3.8, 4) is 0 Å². The number of aliphatic hydroxyl groups excluding tert-OH is 1. The van der Waals surface area contributed by atoms with Gasteiger partial charge in [0.15, 0.2) is 0 Å². The molecule has 0 amide bonds. The molecule has 1 rings (SSSR count). The number of rotatable bonds is 8. The summed E-state index contributed by atoms with van der Waals surface area (Å²) >= 11 is 0. The highest BCUT2D eigenvalue weighted by atomic mass is 16.3. The van der Waals surface area contributed by atoms with Crippen molar-refractivity contribution in [2.75, 3.05) is 26.7 Å². The molecule has 2 heteroatoms. The Kier molecular flexibility index (Phi) is 6.53. The van der Waals surface area contributed by atoms with E-state index in [1.165, 1.54) is 24.0 Å². The molecule has 0 aliphatic heterocycles. The lowest BCUT2D eigenvalue weighted by atomic mass is 9.94. The minimum absolute atomic E-state index is 0.0142. The Hall–Kier alpha value is -0.860. The number of benzene rings is 1. The number of nitrogens with zero attached hydrogens (tertiary/aromatic N) is 1. The fraction of sp³-hybridized carbons (Fsp3) is 0.647. The van der Waals surface area contributed by atoms with Crippen LogP contribution in [0.4, 0.5) is 0 Å². The quantitative estimate of drug-likeness (QED) is 0.779. The first-order chi connectivity index (χ1) is 8.96. The normalized spacial score (nSPS) is 12.1. The monoisotopic (exact) mass is 263 g/mol. The first-order valence-corrected chi connectivity index (χ1v) is 7.34. The van der Waals surface area contributed by atoms with Crippen molar-refractivity contribution in [1.29, 1.82) is 0 Å². The Morgan fingerprint density at radius 3 is 2.05 bits per heavy atom. The highest BCUT2D eigenvalue weighted by Gasteiger charge is 2.18. The largest absolute Gasteiger partial charge is 0.396 e. The van der Waals surface area contributed by atoms with Gasteiger partial charge in [-0.15, -0.1) is 0 Å². The van der Waals surface area contributed by atoms with Gasteiger partial charge >= 0.3 is 0 Å². The molecule has 0 aliphatic rings. The number of aliphatic hydroxyl groups is 1. The van der Waals surface area contributed by atoms with Crippen LogP contribution in [0.25, 0.3) is 0 Å². The van der Waals surface area contributed by atoms with Gasteiger partial charge in [0.25, 0.3) is 0 Å². The Balaban J connectivity index is 2.39. The predicted octanol–water partition coefficient (Wildman–Crippen LogP) is 3.13. The molecule has 0 radical (unpaired) electrons. The van der Waals surface area contributed by atoms with Crippen molar-refractivity contribution in [3.63, 3.8) is 0 Å². The van der Waals surface area contributed by atoms with Gasteiger partial charge in [-0.2, -0.15) is 0 Å². The van der Waals surface area contributed by atoms with Crippen LogP contribution in [0.15, 0.2) is 24.3 Å². The molecule has 108 valence electrons. The maximum absolute atomic E-state index is 9.28. The molecule has 1 aromatic carbocycles. The van der Waals surface area contributed by atoms with E-state index in [1.54, 1.807) is 0 Å². The molecule has 0 spiro atoms. The first-order valence-electron chi connectivity index (χ1n) is 7.34. The van der Waals surface area contributed by atoms with Gasteiger partial charge in [-0.3, -0.25) is 0 Å². The van der Waals surface area contributed by atoms with Gasteiger partial charge in [0.1, 0.15) is 0 Å². The van der Waals surface area contributed by atoms with E-state index in [2.05, 4.69) is 57.0 Å². The molecule has 1 N–H and O–H groups in total. The zero-order valence-electron chi connectivity index (χ0n) is 12.9. The number of hydrogen-bond acceptors (Lipinski definition) is 2. The van der Waals surface area contributed by atoms with Crippen LogP contribution in [0.1, 0.15) is 38.3 Å². The molecular formula is C17H29NO. The van der Waals surface area contributed by atoms with Crippen LogP contribution in [-0.2, 0) is 12.8 Å². The molecule has 0 heterocycles. The molecule has 0 aromatic heterocycles. The third kappa shape index (κ3) is 6.22. The van der Waals surface area contributed by atoms with Gasteiger partial charge in [-0.25, -0.2) is 0 Å². The van der Waals surface area contributed by atoms with Crippen molar-refractivity contribution in [2.45, 2.75) is 40.0 Å². The SMILES string of the molecule is CCCc1ccc(CCN(C)CC(C)(C)CO)cc1. The van der Waals surface area contributed by atoms with Crippen LogP contribution < -0.4 is 0 Å². The van der Waals surface area contributed by atoms with Crippen LogP contribution in [0, 0.1) is 5.41 Å². The van der Waals surface area contributed by atoms with E-state index in [0.29, 0.717) is 0 Å². The Labute approximate surface area is 118 Å². The fourth-order valence-corrected chi connectivity index (χ4v) is 2.34. The summed E-state index contributed by atoms with van der Waals surface area (Å²) in [6.07, 6.45) is 3.45. The van der Waals surface area contributed by atoms with Crippen LogP contribution in [0.2, 0.25) is 0 Å². The Morgan fingerprint density at radius 1 is 1.05 bits per heavy atom. The van der Waals surface area contributed by atoms with Gasteiger partial charge in [-0.1, -0.05) is 51.5 Å². The molecular weight excluding hydrogens is 234 g/mol. The van der Waals surface area contributed by atoms with E-state index in [4.69, 9.17) is 0 Å². The minimum Gasteiger partial charge on any atom is -0.396 e. The molecule has 0 saturated carbocycles. The van der Waals surface area contributed by atoms with E-state index in [0.717, 1.165) is 19.5 Å². The topological polar surface area (TPSA) is 23.5 Å². The summed E-state index contributed by atoms with van der Waals surface area (Å²) in [7, 11) is 2.13. The number of likely N-dealkylation sites (N-methyl/N-ethyl adjacent to an activating group) is 1. The Bertz CT molecular complexity index is 356. The second kappa shape index (κ2) is 7.66. The summed E-state index contributed by atoms with van der Waals surface area (Å²) in [6.45, 7) is 8.62. The van der Waals surface area contributed by atoms with Crippen LogP contribution >= 0.6 is 0 Å². The van der Waals surface area contributed by atoms with Gasteiger partial charge < -0.3 is 10.0 Å². The fourth-order valence-electron chi connectivity index (χ4n) is 2.34. The molecule has 0 aliphatic carbocycles. The lowest BCUT2D eigenvalue weighted by Crippen LogP contribution is -2.35. The molecule has 0 fully saturated rings. The van der Waals surface area contributed by atoms with Crippen LogP contribution in [-0.4, -0.2) is 36.8 Å². The zero-order chi connectivity index (χ0) is 14.3. The van der Waals surface area contributed by atoms with Crippen molar-refractivity contribution >= 4 is 0 Å². The second-order valence-electron chi connectivity index (χ2n) is 6.38. The van der Waals surface area contributed by atoms with Crippen molar-refractivity contribution in [2.24, 2.45) is 5.41 Å². The summed E-state index contributed by atoms with van der Waals surface area (Å²) in [6, 6.07) is 8.99. The molecule has 0 atom stereocenters. The number of hydrogen-bond donors (Lipinski definition) is 1. The average Bonchev–Trinajstić information content (AvgIpc) is 2.38. The highest BCUT2D eigenvalue weighted by molar-refractivity contribution is 5.22. The third-order valence-corrected chi connectivity index (χ3v) is 3.47. The Morgan fingerprint density at radius 2 is 1.58 bits per heavy atom. The maximum Gasteiger partial charge on any atom is 0.0494 e. The summed E-state index contributed by atoms with van der Waals surface area (Å²) in [5, 5.41) is 9.28. The summed E-state index contributed by atoms with van der Waals surface area (Å²) in [4.78, 5) is 2.30. The van der Waals surface area contributed by atoms with E-state index >= 15 is 0 Å². The highest BCUT2D eigenvalue weighted by Crippen LogP contribution is 2.15. The average molecular weight is 263 g/mol. The molecule has 0 unspecified atom stereocenters. The predicted molar refractivity (Wildman–Crippen MR) is 82.5 cm³/mol. The van der Waals surface area contributed by atoms with Gasteiger partial charge in [0.2, 0.25) is 0 Å². The van der Waals surface area contributed by atoms with Gasteiger partial charge in [0.05, 0.1) is 0 Å². The van der Waals surface area contributed by atoms with E-state index in [9.17, 15) is 5.11 Å². The maximum atomic E-state index is 9.28. The van der Waals surface area contributed by atoms with Crippen LogP contribution in [0.3, 0.4) is 0 Å². The first kappa shape index (κ1) is 16.2. The molecule has 19 heavy (non-hydrogen) atoms. The van der Waals surface area contributed by atoms with Gasteiger partial charge in [-0.05, 0) is 31.0 Å². The lowest BCUT2D eigenvalue weighted by molar-refractivity contribution is 0.116. The minimum atomic E-state index is -0.0142. The molecule has 1 aromatic rings. The van der Waals surface area contributed by atoms with Crippen LogP contribution in [0.5, 0.6) is 0 Å².